The molecule has 6 nitrogen and oxygen atoms in total. The normalized spacial score (nSPS) is 23.5. The number of fused-ring (bicyclic) bond motifs is 1. The monoisotopic (exact) mass is 299 g/mol. The Bertz CT molecular complexity index is 601. The van der Waals surface area contributed by atoms with E-state index in [1.54, 1.807) is 24.5 Å². The van der Waals surface area contributed by atoms with Crippen LogP contribution in [0.25, 0.3) is 0 Å². The van der Waals surface area contributed by atoms with Crippen LogP contribution in [0.15, 0.2) is 36.7 Å². The highest BCUT2D eigenvalue weighted by atomic mass is 16.2. The third kappa shape index (κ3) is 2.77. The molecule has 1 N–H and O–H groups in total. The van der Waals surface area contributed by atoms with Crippen LogP contribution in [0.1, 0.15) is 19.3 Å². The molecule has 0 unspecified atom stereocenters. The molecule has 2 aliphatic rings. The number of likely N-dealkylation sites (tertiary alicyclic amines) is 1. The van der Waals surface area contributed by atoms with Gasteiger partial charge in [-0.3, -0.25) is 24.3 Å². The van der Waals surface area contributed by atoms with Gasteiger partial charge >= 0.3 is 0 Å². The van der Waals surface area contributed by atoms with E-state index in [1.165, 1.54) is 4.90 Å². The Morgan fingerprint density at radius 2 is 1.91 bits per heavy atom. The van der Waals surface area contributed by atoms with Gasteiger partial charge in [0.1, 0.15) is 0 Å². The van der Waals surface area contributed by atoms with Crippen molar-refractivity contribution >= 4 is 23.4 Å². The Morgan fingerprint density at radius 3 is 2.50 bits per heavy atom. The standard InChI is InChI=1S/C16H17N3O3/c20-14(18-11-4-3-8-17-10-11)7-9-19-15(21)12-5-1-2-6-13(12)16(19)22/h1-4,8,10,12-13H,5-7,9H2,(H,18,20)/t12-,13-/m1/s1. The molecule has 6 heteroatoms. The SMILES string of the molecule is O=C(CCN1C(=O)[C@@H]2CC=CC[C@H]2C1=O)Nc1cccnc1. The van der Waals surface area contributed by atoms with Crippen LogP contribution in [0.5, 0.6) is 0 Å². The number of amides is 3. The van der Waals surface area contributed by atoms with Crippen LogP contribution in [-0.2, 0) is 14.4 Å². The average Bonchev–Trinajstić information content (AvgIpc) is 2.78. The summed E-state index contributed by atoms with van der Waals surface area (Å²) in [5, 5.41) is 2.70. The summed E-state index contributed by atoms with van der Waals surface area (Å²) in [6.07, 6.45) is 8.40. The minimum absolute atomic E-state index is 0.0965. The first-order valence-corrected chi connectivity index (χ1v) is 7.37. The van der Waals surface area contributed by atoms with Crippen LogP contribution in [0, 0.1) is 11.8 Å². The van der Waals surface area contributed by atoms with E-state index in [2.05, 4.69) is 10.3 Å². The molecule has 1 aliphatic heterocycles. The molecular weight excluding hydrogens is 282 g/mol. The maximum Gasteiger partial charge on any atom is 0.233 e. The molecule has 3 amide bonds. The maximum atomic E-state index is 12.3. The van der Waals surface area contributed by atoms with Gasteiger partial charge < -0.3 is 5.32 Å². The molecule has 2 atom stereocenters. The van der Waals surface area contributed by atoms with E-state index in [0.717, 1.165) is 0 Å². The number of nitrogens with zero attached hydrogens (tertiary/aromatic N) is 2. The Hall–Kier alpha value is -2.50. The van der Waals surface area contributed by atoms with Crippen molar-refractivity contribution in [2.75, 3.05) is 11.9 Å². The van der Waals surface area contributed by atoms with Gasteiger partial charge in [-0.1, -0.05) is 12.2 Å². The summed E-state index contributed by atoms with van der Waals surface area (Å²) in [5.41, 5.74) is 0.601. The Kier molecular flexibility index (Phi) is 4.00. The molecule has 1 fully saturated rings. The van der Waals surface area contributed by atoms with Crippen LogP contribution in [0.4, 0.5) is 5.69 Å². The zero-order chi connectivity index (χ0) is 15.5. The van der Waals surface area contributed by atoms with Gasteiger partial charge in [-0.25, -0.2) is 0 Å². The number of aromatic nitrogens is 1. The van der Waals surface area contributed by atoms with Crippen molar-refractivity contribution in [1.82, 2.24) is 9.88 Å². The first kappa shape index (κ1) is 14.4. The number of carbonyl (C=O) groups is 3. The highest BCUT2D eigenvalue weighted by molar-refractivity contribution is 6.05. The van der Waals surface area contributed by atoms with Crippen LogP contribution >= 0.6 is 0 Å². The zero-order valence-electron chi connectivity index (χ0n) is 12.1. The van der Waals surface area contributed by atoms with Crippen molar-refractivity contribution in [2.24, 2.45) is 11.8 Å². The molecule has 3 rings (SSSR count). The minimum Gasteiger partial charge on any atom is -0.325 e. The van der Waals surface area contributed by atoms with Gasteiger partial charge in [0.25, 0.3) is 0 Å². The number of hydrogen-bond acceptors (Lipinski definition) is 4. The highest BCUT2D eigenvalue weighted by Gasteiger charge is 2.46. The van der Waals surface area contributed by atoms with Gasteiger partial charge in [0.2, 0.25) is 17.7 Å². The van der Waals surface area contributed by atoms with E-state index in [-0.39, 0.29) is 42.5 Å². The van der Waals surface area contributed by atoms with Crippen LogP contribution < -0.4 is 5.32 Å². The van der Waals surface area contributed by atoms with Crippen molar-refractivity contribution in [1.29, 1.82) is 0 Å². The lowest BCUT2D eigenvalue weighted by Gasteiger charge is -2.14. The lowest BCUT2D eigenvalue weighted by molar-refractivity contribution is -0.140. The number of hydrogen-bond donors (Lipinski definition) is 1. The molecule has 22 heavy (non-hydrogen) atoms. The molecule has 0 bridgehead atoms. The Labute approximate surface area is 128 Å². The first-order chi connectivity index (χ1) is 10.7. The largest absolute Gasteiger partial charge is 0.325 e. The lowest BCUT2D eigenvalue weighted by Crippen LogP contribution is -2.34. The van der Waals surface area contributed by atoms with Gasteiger partial charge in [-0.2, -0.15) is 0 Å². The molecule has 0 aromatic carbocycles. The third-order valence-electron chi connectivity index (χ3n) is 4.11. The fourth-order valence-corrected chi connectivity index (χ4v) is 2.96. The van der Waals surface area contributed by atoms with Gasteiger partial charge in [0.05, 0.1) is 23.7 Å². The highest BCUT2D eigenvalue weighted by Crippen LogP contribution is 2.34. The molecule has 2 heterocycles. The first-order valence-electron chi connectivity index (χ1n) is 7.37. The second-order valence-electron chi connectivity index (χ2n) is 5.52. The zero-order valence-corrected chi connectivity index (χ0v) is 12.1. The van der Waals surface area contributed by atoms with Crippen LogP contribution in [0.2, 0.25) is 0 Å². The quantitative estimate of drug-likeness (QED) is 0.672. The van der Waals surface area contributed by atoms with Crippen molar-refractivity contribution in [2.45, 2.75) is 19.3 Å². The number of anilines is 1. The summed E-state index contributed by atoms with van der Waals surface area (Å²) in [6.45, 7) is 0.136. The predicted molar refractivity (Wildman–Crippen MR) is 79.6 cm³/mol. The summed E-state index contributed by atoms with van der Waals surface area (Å²) >= 11 is 0. The molecule has 1 aromatic rings. The fourth-order valence-electron chi connectivity index (χ4n) is 2.96. The number of rotatable bonds is 4. The molecule has 114 valence electrons. The molecular formula is C16H17N3O3. The van der Waals surface area contributed by atoms with E-state index >= 15 is 0 Å². The van der Waals surface area contributed by atoms with E-state index in [1.807, 2.05) is 12.2 Å². The molecule has 0 saturated carbocycles. The van der Waals surface area contributed by atoms with E-state index in [9.17, 15) is 14.4 Å². The fraction of sp³-hybridized carbons (Fsp3) is 0.375. The maximum absolute atomic E-state index is 12.3. The van der Waals surface area contributed by atoms with Crippen molar-refractivity contribution in [3.05, 3.63) is 36.7 Å². The predicted octanol–water partition coefficient (Wildman–Crippen LogP) is 1.36. The summed E-state index contributed by atoms with van der Waals surface area (Å²) in [4.78, 5) is 41.5. The molecule has 0 spiro atoms. The molecule has 1 aliphatic carbocycles. The van der Waals surface area contributed by atoms with Crippen LogP contribution in [0.3, 0.4) is 0 Å². The van der Waals surface area contributed by atoms with Gasteiger partial charge in [0, 0.05) is 19.2 Å². The summed E-state index contributed by atoms with van der Waals surface area (Å²) in [6, 6.07) is 3.46. The van der Waals surface area contributed by atoms with E-state index in [4.69, 9.17) is 0 Å². The second-order valence-corrected chi connectivity index (χ2v) is 5.52. The molecule has 0 radical (unpaired) electrons. The topological polar surface area (TPSA) is 79.4 Å². The molecule has 1 saturated heterocycles. The van der Waals surface area contributed by atoms with E-state index < -0.39 is 0 Å². The van der Waals surface area contributed by atoms with Crippen molar-refractivity contribution in [3.8, 4) is 0 Å². The van der Waals surface area contributed by atoms with Gasteiger partial charge in [0.15, 0.2) is 0 Å². The van der Waals surface area contributed by atoms with Crippen LogP contribution in [-0.4, -0.2) is 34.2 Å². The van der Waals surface area contributed by atoms with Gasteiger partial charge in [-0.05, 0) is 25.0 Å². The van der Waals surface area contributed by atoms with Crippen molar-refractivity contribution < 1.29 is 14.4 Å². The average molecular weight is 299 g/mol. The van der Waals surface area contributed by atoms with Gasteiger partial charge in [-0.15, -0.1) is 0 Å². The lowest BCUT2D eigenvalue weighted by atomic mass is 9.85. The van der Waals surface area contributed by atoms with Crippen molar-refractivity contribution in [3.63, 3.8) is 0 Å². The smallest absolute Gasteiger partial charge is 0.233 e. The Morgan fingerprint density at radius 1 is 1.23 bits per heavy atom. The number of nitrogens with one attached hydrogen (secondary N) is 1. The summed E-state index contributed by atoms with van der Waals surface area (Å²) in [5.74, 6) is -0.999. The number of allylic oxidation sites excluding steroid dienone is 2. The third-order valence-corrected chi connectivity index (χ3v) is 4.11. The number of carbonyl (C=O) groups excluding carboxylic acids is 3. The number of pyridine rings is 1. The second kappa shape index (κ2) is 6.09. The number of imide groups is 1. The summed E-state index contributed by atoms with van der Waals surface area (Å²) in [7, 11) is 0. The van der Waals surface area contributed by atoms with E-state index in [0.29, 0.717) is 18.5 Å². The Balaban J connectivity index is 1.56. The minimum atomic E-state index is -0.237. The summed E-state index contributed by atoms with van der Waals surface area (Å²) < 4.78 is 0. The molecule has 1 aromatic heterocycles.